The van der Waals surface area contributed by atoms with Gasteiger partial charge in [0.1, 0.15) is 5.00 Å². The van der Waals surface area contributed by atoms with E-state index in [2.05, 4.69) is 36.5 Å². The summed E-state index contributed by atoms with van der Waals surface area (Å²) < 4.78 is 11.5. The van der Waals surface area contributed by atoms with Crippen molar-refractivity contribution in [2.75, 3.05) is 12.4 Å². The zero-order valence-corrected chi connectivity index (χ0v) is 13.9. The molecule has 4 heterocycles. The molecule has 4 rings (SSSR count). The van der Waals surface area contributed by atoms with Gasteiger partial charge in [0.2, 0.25) is 0 Å². The molecule has 6 nitrogen and oxygen atoms in total. The van der Waals surface area contributed by atoms with E-state index in [1.807, 2.05) is 22.9 Å². The van der Waals surface area contributed by atoms with Gasteiger partial charge in [0, 0.05) is 30.4 Å². The number of nitrogens with zero attached hydrogens (tertiary/aromatic N) is 4. The molecule has 4 aromatic heterocycles. The van der Waals surface area contributed by atoms with E-state index in [9.17, 15) is 0 Å². The fourth-order valence-corrected chi connectivity index (χ4v) is 3.64. The van der Waals surface area contributed by atoms with Crippen LogP contribution in [0.15, 0.2) is 41.5 Å². The van der Waals surface area contributed by atoms with Gasteiger partial charge in [-0.2, -0.15) is 15.7 Å². The number of thiophene rings is 1. The van der Waals surface area contributed by atoms with Gasteiger partial charge in [-0.05, 0) is 29.0 Å². The Balaban J connectivity index is 1.70. The number of imidazole rings is 1. The predicted molar refractivity (Wildman–Crippen MR) is 92.4 cm³/mol. The summed E-state index contributed by atoms with van der Waals surface area (Å²) in [6.07, 6.45) is 5.56. The maximum absolute atomic E-state index is 5.09. The molecule has 0 radical (unpaired) electrons. The van der Waals surface area contributed by atoms with Crippen LogP contribution in [0.1, 0.15) is 5.69 Å². The van der Waals surface area contributed by atoms with E-state index < -0.39 is 0 Å². The molecule has 8 heteroatoms. The SMILES string of the molecule is COCc1cc(Nc2nccn3c(-c4ccsc4)cnc23)sn1. The third-order valence-corrected chi connectivity index (χ3v) is 4.76. The van der Waals surface area contributed by atoms with E-state index in [0.29, 0.717) is 12.4 Å². The summed E-state index contributed by atoms with van der Waals surface area (Å²) in [5, 5.41) is 8.38. The summed E-state index contributed by atoms with van der Waals surface area (Å²) in [6.45, 7) is 0.501. The van der Waals surface area contributed by atoms with Gasteiger partial charge in [0.05, 0.1) is 24.2 Å². The van der Waals surface area contributed by atoms with E-state index in [4.69, 9.17) is 4.74 Å². The van der Waals surface area contributed by atoms with Crippen LogP contribution in [-0.4, -0.2) is 25.9 Å². The monoisotopic (exact) mass is 343 g/mol. The number of fused-ring (bicyclic) bond motifs is 1. The molecule has 0 saturated heterocycles. The Bertz CT molecular complexity index is 929. The molecule has 116 valence electrons. The lowest BCUT2D eigenvalue weighted by Crippen LogP contribution is -1.97. The van der Waals surface area contributed by atoms with Crippen LogP contribution in [0.3, 0.4) is 0 Å². The molecule has 0 saturated carbocycles. The zero-order valence-electron chi connectivity index (χ0n) is 12.3. The first kappa shape index (κ1) is 14.3. The van der Waals surface area contributed by atoms with Gasteiger partial charge in [-0.15, -0.1) is 0 Å². The van der Waals surface area contributed by atoms with E-state index in [1.54, 1.807) is 24.6 Å². The van der Waals surface area contributed by atoms with Gasteiger partial charge in [0.25, 0.3) is 0 Å². The summed E-state index contributed by atoms with van der Waals surface area (Å²) in [5.74, 6) is 0.710. The summed E-state index contributed by atoms with van der Waals surface area (Å²) in [4.78, 5) is 8.92. The number of hydrogen-bond donors (Lipinski definition) is 1. The lowest BCUT2D eigenvalue weighted by atomic mass is 10.3. The molecule has 23 heavy (non-hydrogen) atoms. The van der Waals surface area contributed by atoms with Crippen LogP contribution < -0.4 is 5.32 Å². The molecule has 0 atom stereocenters. The molecule has 0 unspecified atom stereocenters. The average molecular weight is 343 g/mol. The van der Waals surface area contributed by atoms with Gasteiger partial charge in [-0.3, -0.25) is 4.40 Å². The topological polar surface area (TPSA) is 64.3 Å². The first-order chi connectivity index (χ1) is 11.3. The number of anilines is 2. The van der Waals surface area contributed by atoms with Crippen molar-refractivity contribution in [1.82, 2.24) is 18.7 Å². The first-order valence-corrected chi connectivity index (χ1v) is 8.63. The normalized spacial score (nSPS) is 11.2. The first-order valence-electron chi connectivity index (χ1n) is 6.91. The molecular formula is C15H13N5OS2. The lowest BCUT2D eigenvalue weighted by molar-refractivity contribution is 0.182. The van der Waals surface area contributed by atoms with Crippen molar-refractivity contribution in [2.24, 2.45) is 0 Å². The quantitative estimate of drug-likeness (QED) is 0.597. The van der Waals surface area contributed by atoms with Crippen LogP contribution >= 0.6 is 22.9 Å². The van der Waals surface area contributed by atoms with Gasteiger partial charge in [0.15, 0.2) is 11.5 Å². The summed E-state index contributed by atoms with van der Waals surface area (Å²) in [5.41, 5.74) is 3.89. The molecule has 0 amide bonds. The number of rotatable bonds is 5. The highest BCUT2D eigenvalue weighted by Gasteiger charge is 2.11. The van der Waals surface area contributed by atoms with E-state index in [0.717, 1.165) is 27.6 Å². The van der Waals surface area contributed by atoms with Gasteiger partial charge in [-0.1, -0.05) is 0 Å². The van der Waals surface area contributed by atoms with Crippen molar-refractivity contribution in [1.29, 1.82) is 0 Å². The Kier molecular flexibility index (Phi) is 3.78. The fraction of sp³-hybridized carbons (Fsp3) is 0.133. The van der Waals surface area contributed by atoms with E-state index >= 15 is 0 Å². The Morgan fingerprint density at radius 3 is 3.13 bits per heavy atom. The number of nitrogens with one attached hydrogen (secondary N) is 1. The minimum absolute atomic E-state index is 0.501. The second-order valence-electron chi connectivity index (χ2n) is 4.87. The van der Waals surface area contributed by atoms with Crippen LogP contribution in [0.25, 0.3) is 16.9 Å². The third-order valence-electron chi connectivity index (χ3n) is 3.34. The van der Waals surface area contributed by atoms with Crippen molar-refractivity contribution in [3.63, 3.8) is 0 Å². The Hall–Kier alpha value is -2.29. The van der Waals surface area contributed by atoms with Crippen molar-refractivity contribution in [3.8, 4) is 11.3 Å². The number of ether oxygens (including phenoxy) is 1. The van der Waals surface area contributed by atoms with Gasteiger partial charge < -0.3 is 10.1 Å². The molecule has 0 bridgehead atoms. The van der Waals surface area contributed by atoms with Crippen molar-refractivity contribution < 1.29 is 4.74 Å². The molecule has 0 fully saturated rings. The third kappa shape index (κ3) is 2.72. The smallest absolute Gasteiger partial charge is 0.180 e. The number of methoxy groups -OCH3 is 1. The van der Waals surface area contributed by atoms with Crippen LogP contribution in [0.2, 0.25) is 0 Å². The van der Waals surface area contributed by atoms with Crippen LogP contribution in [0, 0.1) is 0 Å². The maximum Gasteiger partial charge on any atom is 0.180 e. The van der Waals surface area contributed by atoms with Crippen LogP contribution in [0.4, 0.5) is 10.8 Å². The standard InChI is InChI=1S/C15H13N5OS2/c1-21-8-11-6-13(23-19-11)18-14-15-17-7-12(10-2-5-22-9-10)20(15)4-3-16-14/h2-7,9H,8H2,1H3,(H,16,18). The highest BCUT2D eigenvalue weighted by atomic mass is 32.1. The predicted octanol–water partition coefficient (Wildman–Crippen LogP) is 3.80. The maximum atomic E-state index is 5.09. The number of hydrogen-bond acceptors (Lipinski definition) is 7. The Morgan fingerprint density at radius 1 is 1.35 bits per heavy atom. The Morgan fingerprint density at radius 2 is 2.30 bits per heavy atom. The second-order valence-corrected chi connectivity index (χ2v) is 6.45. The van der Waals surface area contributed by atoms with Crippen LogP contribution in [0.5, 0.6) is 0 Å². The minimum atomic E-state index is 0.501. The number of aromatic nitrogens is 4. The fourth-order valence-electron chi connectivity index (χ4n) is 2.33. The van der Waals surface area contributed by atoms with Gasteiger partial charge in [-0.25, -0.2) is 9.97 Å². The van der Waals surface area contributed by atoms with Crippen molar-refractivity contribution >= 4 is 39.3 Å². The Labute approximate surface area is 140 Å². The van der Waals surface area contributed by atoms with E-state index in [1.165, 1.54) is 11.5 Å². The van der Waals surface area contributed by atoms with Crippen molar-refractivity contribution in [3.05, 3.63) is 47.2 Å². The molecule has 0 spiro atoms. The molecular weight excluding hydrogens is 330 g/mol. The molecule has 0 aliphatic carbocycles. The van der Waals surface area contributed by atoms with Gasteiger partial charge >= 0.3 is 0 Å². The second kappa shape index (κ2) is 6.07. The summed E-state index contributed by atoms with van der Waals surface area (Å²) >= 11 is 3.05. The minimum Gasteiger partial charge on any atom is -0.378 e. The molecule has 0 aliphatic heterocycles. The summed E-state index contributed by atoms with van der Waals surface area (Å²) in [6, 6.07) is 4.05. The largest absolute Gasteiger partial charge is 0.378 e. The van der Waals surface area contributed by atoms with Crippen molar-refractivity contribution in [2.45, 2.75) is 6.61 Å². The highest BCUT2D eigenvalue weighted by molar-refractivity contribution is 7.10. The van der Waals surface area contributed by atoms with Crippen LogP contribution in [-0.2, 0) is 11.3 Å². The molecule has 0 aromatic carbocycles. The molecule has 1 N–H and O–H groups in total. The zero-order chi connectivity index (χ0) is 15.6. The van der Waals surface area contributed by atoms with E-state index in [-0.39, 0.29) is 0 Å². The average Bonchev–Trinajstić information content (AvgIpc) is 3.27. The molecule has 0 aliphatic rings. The summed E-state index contributed by atoms with van der Waals surface area (Å²) in [7, 11) is 1.66. The lowest BCUT2D eigenvalue weighted by Gasteiger charge is -2.05. The molecule has 4 aromatic rings. The highest BCUT2D eigenvalue weighted by Crippen LogP contribution is 2.27.